The van der Waals surface area contributed by atoms with Gasteiger partial charge in [-0.1, -0.05) is 51.0 Å². The van der Waals surface area contributed by atoms with E-state index < -0.39 is 0 Å². The number of fused-ring (bicyclic) bond motifs is 1. The molecule has 6 heteroatoms. The van der Waals surface area contributed by atoms with E-state index in [1.807, 2.05) is 36.6 Å². The Morgan fingerprint density at radius 3 is 2.48 bits per heavy atom. The number of hydrogen-bond donors (Lipinski definition) is 1. The number of carbonyl (C=O) groups excluding carboxylic acids is 1. The van der Waals surface area contributed by atoms with E-state index in [1.165, 1.54) is 4.68 Å². The second kappa shape index (κ2) is 8.48. The van der Waals surface area contributed by atoms with Crippen LogP contribution in [0.25, 0.3) is 10.8 Å². The Labute approximate surface area is 163 Å². The molecule has 5 nitrogen and oxygen atoms in total. The van der Waals surface area contributed by atoms with Crippen molar-refractivity contribution in [1.82, 2.24) is 15.1 Å². The predicted octanol–water partition coefficient (Wildman–Crippen LogP) is 4.06. The minimum Gasteiger partial charge on any atom is -0.347 e. The summed E-state index contributed by atoms with van der Waals surface area (Å²) in [5.74, 6) is 0.167. The van der Waals surface area contributed by atoms with Gasteiger partial charge in [0.25, 0.3) is 5.56 Å². The van der Waals surface area contributed by atoms with Gasteiger partial charge in [0, 0.05) is 10.3 Å². The second-order valence-electron chi connectivity index (χ2n) is 6.73. The van der Waals surface area contributed by atoms with E-state index in [1.54, 1.807) is 17.4 Å². The fraction of sp³-hybridized carbons (Fsp3) is 0.381. The molecule has 0 saturated carbocycles. The summed E-state index contributed by atoms with van der Waals surface area (Å²) in [7, 11) is 0. The van der Waals surface area contributed by atoms with Gasteiger partial charge in [0.2, 0.25) is 5.91 Å². The minimum atomic E-state index is -0.235. The van der Waals surface area contributed by atoms with Crippen LogP contribution in [0, 0.1) is 12.8 Å². The lowest BCUT2D eigenvalue weighted by molar-refractivity contribution is -0.123. The van der Waals surface area contributed by atoms with Crippen molar-refractivity contribution in [2.24, 2.45) is 5.92 Å². The number of benzene rings is 1. The summed E-state index contributed by atoms with van der Waals surface area (Å²) in [5.41, 5.74) is 0.509. The third-order valence-electron chi connectivity index (χ3n) is 5.03. The number of rotatable bonds is 7. The van der Waals surface area contributed by atoms with Crippen LogP contribution in [0.2, 0.25) is 0 Å². The molecule has 0 aliphatic rings. The molecule has 0 spiro atoms. The summed E-state index contributed by atoms with van der Waals surface area (Å²) < 4.78 is 1.27. The summed E-state index contributed by atoms with van der Waals surface area (Å²) in [6.07, 6.45) is 1.96. The van der Waals surface area contributed by atoms with Crippen LogP contribution in [0.1, 0.15) is 43.3 Å². The molecule has 142 valence electrons. The fourth-order valence-corrected chi connectivity index (χ4v) is 4.39. The first-order valence-electron chi connectivity index (χ1n) is 9.34. The molecule has 0 aliphatic carbocycles. The van der Waals surface area contributed by atoms with Crippen LogP contribution in [0.3, 0.4) is 0 Å². The van der Waals surface area contributed by atoms with Crippen LogP contribution in [0.4, 0.5) is 0 Å². The maximum atomic E-state index is 12.7. The average molecular weight is 384 g/mol. The van der Waals surface area contributed by atoms with E-state index in [0.717, 1.165) is 28.8 Å². The Morgan fingerprint density at radius 1 is 1.15 bits per heavy atom. The Balaban J connectivity index is 1.85. The third-order valence-corrected chi connectivity index (χ3v) is 5.99. The maximum absolute atomic E-state index is 12.7. The molecule has 2 heterocycles. The molecule has 0 radical (unpaired) electrons. The normalized spacial score (nSPS) is 12.4. The highest BCUT2D eigenvalue weighted by atomic mass is 32.1. The van der Waals surface area contributed by atoms with Gasteiger partial charge in [0.15, 0.2) is 0 Å². The van der Waals surface area contributed by atoms with Crippen molar-refractivity contribution in [1.29, 1.82) is 0 Å². The van der Waals surface area contributed by atoms with Gasteiger partial charge in [-0.25, -0.2) is 4.68 Å². The summed E-state index contributed by atoms with van der Waals surface area (Å²) in [6.45, 7) is 6.06. The van der Waals surface area contributed by atoms with Gasteiger partial charge in [0.05, 0.1) is 17.1 Å². The molecule has 27 heavy (non-hydrogen) atoms. The summed E-state index contributed by atoms with van der Waals surface area (Å²) >= 11 is 1.65. The Morgan fingerprint density at radius 2 is 1.85 bits per heavy atom. The first-order chi connectivity index (χ1) is 13.0. The highest BCUT2D eigenvalue weighted by Gasteiger charge is 2.24. The van der Waals surface area contributed by atoms with Crippen molar-refractivity contribution in [3.05, 3.63) is 62.7 Å². The zero-order valence-electron chi connectivity index (χ0n) is 15.9. The first kappa shape index (κ1) is 19.3. The van der Waals surface area contributed by atoms with E-state index in [9.17, 15) is 9.59 Å². The van der Waals surface area contributed by atoms with Gasteiger partial charge < -0.3 is 5.32 Å². The van der Waals surface area contributed by atoms with E-state index in [4.69, 9.17) is 0 Å². The smallest absolute Gasteiger partial charge is 0.275 e. The number of carbonyl (C=O) groups is 1. The second-order valence-corrected chi connectivity index (χ2v) is 7.71. The number of thiophene rings is 1. The lowest BCUT2D eigenvalue weighted by Gasteiger charge is -2.25. The quantitative estimate of drug-likeness (QED) is 0.669. The van der Waals surface area contributed by atoms with E-state index in [-0.39, 0.29) is 24.1 Å². The molecular weight excluding hydrogens is 358 g/mol. The minimum absolute atomic E-state index is 0.0373. The predicted molar refractivity (Wildman–Crippen MR) is 110 cm³/mol. The Hall–Kier alpha value is -2.47. The number of nitrogens with one attached hydrogen (secondary N) is 1. The molecule has 1 atom stereocenters. The van der Waals surface area contributed by atoms with E-state index in [2.05, 4.69) is 30.3 Å². The molecule has 0 fully saturated rings. The standard InChI is InChI=1S/C21H25N3O2S/c1-4-15(5-2)20(18-11-8-12-27-18)22-19(25)13-24-21(26)17-10-7-6-9-16(17)14(3)23-24/h6-12,15,20H,4-5,13H2,1-3H3,(H,22,25). The van der Waals surface area contributed by atoms with E-state index in [0.29, 0.717) is 11.3 Å². The van der Waals surface area contributed by atoms with Gasteiger partial charge in [-0.15, -0.1) is 11.3 Å². The zero-order chi connectivity index (χ0) is 19.4. The number of aryl methyl sites for hydroxylation is 1. The van der Waals surface area contributed by atoms with Crippen LogP contribution in [-0.4, -0.2) is 15.7 Å². The van der Waals surface area contributed by atoms with Crippen molar-refractivity contribution in [3.63, 3.8) is 0 Å². The number of amides is 1. The van der Waals surface area contributed by atoms with Gasteiger partial charge in [-0.3, -0.25) is 9.59 Å². The Kier molecular flexibility index (Phi) is 6.06. The molecule has 2 aromatic heterocycles. The van der Waals surface area contributed by atoms with Gasteiger partial charge in [-0.2, -0.15) is 5.10 Å². The largest absolute Gasteiger partial charge is 0.347 e. The van der Waals surface area contributed by atoms with Crippen LogP contribution >= 0.6 is 11.3 Å². The topological polar surface area (TPSA) is 64.0 Å². The summed E-state index contributed by atoms with van der Waals surface area (Å²) in [6, 6.07) is 11.4. The van der Waals surface area contributed by atoms with Crippen molar-refractivity contribution >= 4 is 28.0 Å². The first-order valence-corrected chi connectivity index (χ1v) is 10.2. The van der Waals surface area contributed by atoms with Crippen molar-refractivity contribution < 1.29 is 4.79 Å². The number of nitrogens with zero attached hydrogens (tertiary/aromatic N) is 2. The molecule has 0 bridgehead atoms. The fourth-order valence-electron chi connectivity index (χ4n) is 3.52. The summed E-state index contributed by atoms with van der Waals surface area (Å²) in [5, 5.41) is 10.9. The van der Waals surface area contributed by atoms with Crippen LogP contribution < -0.4 is 10.9 Å². The lowest BCUT2D eigenvalue weighted by atomic mass is 9.93. The van der Waals surface area contributed by atoms with Crippen molar-refractivity contribution in [2.75, 3.05) is 0 Å². The van der Waals surface area contributed by atoms with Crippen LogP contribution in [0.15, 0.2) is 46.6 Å². The molecule has 3 aromatic rings. The van der Waals surface area contributed by atoms with Crippen LogP contribution in [-0.2, 0) is 11.3 Å². The lowest BCUT2D eigenvalue weighted by Crippen LogP contribution is -2.38. The van der Waals surface area contributed by atoms with Crippen molar-refractivity contribution in [2.45, 2.75) is 46.2 Å². The van der Waals surface area contributed by atoms with Gasteiger partial charge in [0.1, 0.15) is 6.54 Å². The highest BCUT2D eigenvalue weighted by Crippen LogP contribution is 2.30. The van der Waals surface area contributed by atoms with Crippen molar-refractivity contribution in [3.8, 4) is 0 Å². The summed E-state index contributed by atoms with van der Waals surface area (Å²) in [4.78, 5) is 26.6. The highest BCUT2D eigenvalue weighted by molar-refractivity contribution is 7.10. The van der Waals surface area contributed by atoms with Crippen LogP contribution in [0.5, 0.6) is 0 Å². The molecule has 3 rings (SSSR count). The monoisotopic (exact) mass is 383 g/mol. The Bertz CT molecular complexity index is 975. The van der Waals surface area contributed by atoms with E-state index >= 15 is 0 Å². The molecule has 0 saturated heterocycles. The SMILES string of the molecule is CCC(CC)C(NC(=O)Cn1nc(C)c2ccccc2c1=O)c1cccs1. The third kappa shape index (κ3) is 4.11. The molecule has 1 amide bonds. The molecule has 1 N–H and O–H groups in total. The average Bonchev–Trinajstić information content (AvgIpc) is 3.20. The van der Waals surface area contributed by atoms with Gasteiger partial charge >= 0.3 is 0 Å². The molecule has 1 unspecified atom stereocenters. The number of hydrogen-bond acceptors (Lipinski definition) is 4. The maximum Gasteiger partial charge on any atom is 0.275 e. The van der Waals surface area contributed by atoms with Gasteiger partial charge in [-0.05, 0) is 30.4 Å². The molecule has 0 aliphatic heterocycles. The number of aromatic nitrogens is 2. The molecule has 1 aromatic carbocycles. The molecular formula is C21H25N3O2S. The zero-order valence-corrected chi connectivity index (χ0v) is 16.8.